The highest BCUT2D eigenvalue weighted by molar-refractivity contribution is 5.37. The SMILES string of the molecule is CCCN(CC(F)(F)F)c1nccc(N)n1. The Morgan fingerprint density at radius 3 is 2.62 bits per heavy atom. The van der Waals surface area contributed by atoms with Gasteiger partial charge in [0.15, 0.2) is 0 Å². The predicted octanol–water partition coefficient (Wildman–Crippen LogP) is 1.84. The van der Waals surface area contributed by atoms with Gasteiger partial charge in [0.25, 0.3) is 0 Å². The molecule has 0 aromatic carbocycles. The molecule has 4 nitrogen and oxygen atoms in total. The van der Waals surface area contributed by atoms with Crippen LogP contribution < -0.4 is 10.6 Å². The zero-order valence-electron chi connectivity index (χ0n) is 8.83. The van der Waals surface area contributed by atoms with E-state index in [1.165, 1.54) is 12.3 Å². The van der Waals surface area contributed by atoms with Gasteiger partial charge in [0.2, 0.25) is 5.95 Å². The van der Waals surface area contributed by atoms with Crippen molar-refractivity contribution in [1.29, 1.82) is 0 Å². The molecular weight excluding hydrogens is 221 g/mol. The van der Waals surface area contributed by atoms with Crippen molar-refractivity contribution in [1.82, 2.24) is 9.97 Å². The summed E-state index contributed by atoms with van der Waals surface area (Å²) in [6.45, 7) is 0.961. The Bertz CT molecular complexity index is 340. The first-order valence-corrected chi connectivity index (χ1v) is 4.82. The lowest BCUT2D eigenvalue weighted by atomic mass is 10.4. The minimum absolute atomic E-state index is 0.0131. The van der Waals surface area contributed by atoms with Gasteiger partial charge in [0.1, 0.15) is 12.4 Å². The number of alkyl halides is 3. The summed E-state index contributed by atoms with van der Waals surface area (Å²) < 4.78 is 36.9. The van der Waals surface area contributed by atoms with Gasteiger partial charge in [-0.25, -0.2) is 4.98 Å². The third kappa shape index (κ3) is 3.92. The van der Waals surface area contributed by atoms with Gasteiger partial charge in [0.05, 0.1) is 0 Å². The summed E-state index contributed by atoms with van der Waals surface area (Å²) in [6, 6.07) is 1.43. The third-order valence-corrected chi connectivity index (χ3v) is 1.81. The normalized spacial score (nSPS) is 11.5. The van der Waals surface area contributed by atoms with E-state index < -0.39 is 12.7 Å². The van der Waals surface area contributed by atoms with Crippen molar-refractivity contribution in [3.8, 4) is 0 Å². The molecule has 0 aliphatic rings. The van der Waals surface area contributed by atoms with Crippen molar-refractivity contribution < 1.29 is 13.2 Å². The maximum atomic E-state index is 12.3. The number of nitrogens with zero attached hydrogens (tertiary/aromatic N) is 3. The van der Waals surface area contributed by atoms with Crippen LogP contribution in [-0.2, 0) is 0 Å². The van der Waals surface area contributed by atoms with E-state index in [9.17, 15) is 13.2 Å². The quantitative estimate of drug-likeness (QED) is 0.863. The molecular formula is C9H13F3N4. The van der Waals surface area contributed by atoms with Crippen LogP contribution in [0, 0.1) is 0 Å². The first-order chi connectivity index (χ1) is 7.42. The van der Waals surface area contributed by atoms with Crippen molar-refractivity contribution in [2.24, 2.45) is 0 Å². The van der Waals surface area contributed by atoms with Crippen molar-refractivity contribution in [2.45, 2.75) is 19.5 Å². The van der Waals surface area contributed by atoms with E-state index in [-0.39, 0.29) is 18.3 Å². The highest BCUT2D eigenvalue weighted by atomic mass is 19.4. The van der Waals surface area contributed by atoms with Gasteiger partial charge in [-0.2, -0.15) is 18.2 Å². The minimum atomic E-state index is -4.27. The molecule has 1 rings (SSSR count). The average molecular weight is 234 g/mol. The lowest BCUT2D eigenvalue weighted by Gasteiger charge is -2.23. The number of halogens is 3. The van der Waals surface area contributed by atoms with Crippen molar-refractivity contribution in [3.63, 3.8) is 0 Å². The summed E-state index contributed by atoms with van der Waals surface area (Å²) >= 11 is 0. The fraction of sp³-hybridized carbons (Fsp3) is 0.556. The second kappa shape index (κ2) is 5.00. The molecule has 0 saturated heterocycles. The van der Waals surface area contributed by atoms with Gasteiger partial charge in [-0.05, 0) is 12.5 Å². The van der Waals surface area contributed by atoms with E-state index >= 15 is 0 Å². The largest absolute Gasteiger partial charge is 0.406 e. The van der Waals surface area contributed by atoms with Gasteiger partial charge in [-0.3, -0.25) is 0 Å². The first-order valence-electron chi connectivity index (χ1n) is 4.82. The number of hydrogen-bond acceptors (Lipinski definition) is 4. The Morgan fingerprint density at radius 1 is 1.44 bits per heavy atom. The highest BCUT2D eigenvalue weighted by Crippen LogP contribution is 2.19. The van der Waals surface area contributed by atoms with Crippen LogP contribution in [0.15, 0.2) is 12.3 Å². The Kier molecular flexibility index (Phi) is 3.92. The molecule has 0 radical (unpaired) electrons. The molecule has 0 amide bonds. The zero-order chi connectivity index (χ0) is 12.2. The van der Waals surface area contributed by atoms with Gasteiger partial charge >= 0.3 is 6.18 Å². The Balaban J connectivity index is 2.85. The molecule has 0 unspecified atom stereocenters. The van der Waals surface area contributed by atoms with E-state index in [1.54, 1.807) is 6.92 Å². The maximum Gasteiger partial charge on any atom is 0.406 e. The molecule has 0 spiro atoms. The molecule has 0 atom stereocenters. The number of nitrogen functional groups attached to an aromatic ring is 1. The van der Waals surface area contributed by atoms with Crippen LogP contribution in [-0.4, -0.2) is 29.2 Å². The van der Waals surface area contributed by atoms with Crippen molar-refractivity contribution in [2.75, 3.05) is 23.7 Å². The number of rotatable bonds is 4. The Hall–Kier alpha value is -1.53. The Labute approximate surface area is 91.3 Å². The predicted molar refractivity (Wildman–Crippen MR) is 55.0 cm³/mol. The van der Waals surface area contributed by atoms with Crippen molar-refractivity contribution in [3.05, 3.63) is 12.3 Å². The lowest BCUT2D eigenvalue weighted by Crippen LogP contribution is -2.36. The third-order valence-electron chi connectivity index (χ3n) is 1.81. The molecule has 16 heavy (non-hydrogen) atoms. The molecule has 1 aromatic heterocycles. The Morgan fingerprint density at radius 2 is 2.12 bits per heavy atom. The molecule has 0 bridgehead atoms. The molecule has 2 N–H and O–H groups in total. The van der Waals surface area contributed by atoms with Crippen LogP contribution in [0.5, 0.6) is 0 Å². The molecule has 0 aliphatic carbocycles. The molecule has 0 fully saturated rings. The topological polar surface area (TPSA) is 55.0 Å². The molecule has 0 aliphatic heterocycles. The molecule has 1 heterocycles. The van der Waals surface area contributed by atoms with Crippen LogP contribution >= 0.6 is 0 Å². The zero-order valence-corrected chi connectivity index (χ0v) is 8.83. The number of anilines is 2. The lowest BCUT2D eigenvalue weighted by molar-refractivity contribution is -0.119. The highest BCUT2D eigenvalue weighted by Gasteiger charge is 2.31. The molecule has 90 valence electrons. The molecule has 7 heteroatoms. The van der Waals surface area contributed by atoms with E-state index in [1.807, 2.05) is 0 Å². The minimum Gasteiger partial charge on any atom is -0.384 e. The molecule has 1 aromatic rings. The number of hydrogen-bond donors (Lipinski definition) is 1. The number of nitrogens with two attached hydrogens (primary N) is 1. The standard InChI is InChI=1S/C9H13F3N4/c1-2-5-16(6-9(10,11)12)8-14-4-3-7(13)15-8/h3-4H,2,5-6H2,1H3,(H2,13,14,15). The summed E-state index contributed by atoms with van der Waals surface area (Å²) in [7, 11) is 0. The van der Waals surface area contributed by atoms with Gasteiger partial charge in [0, 0.05) is 12.7 Å². The number of aromatic nitrogens is 2. The van der Waals surface area contributed by atoms with Gasteiger partial charge in [-0.1, -0.05) is 6.92 Å². The van der Waals surface area contributed by atoms with Crippen LogP contribution in [0.4, 0.5) is 24.9 Å². The van der Waals surface area contributed by atoms with Gasteiger partial charge in [-0.15, -0.1) is 0 Å². The maximum absolute atomic E-state index is 12.3. The summed E-state index contributed by atoms with van der Waals surface area (Å²) in [5, 5.41) is 0. The summed E-state index contributed by atoms with van der Waals surface area (Å²) in [5.74, 6) is 0.174. The van der Waals surface area contributed by atoms with E-state index in [0.29, 0.717) is 6.42 Å². The molecule has 0 saturated carbocycles. The smallest absolute Gasteiger partial charge is 0.384 e. The first kappa shape index (κ1) is 12.5. The van der Waals surface area contributed by atoms with Crippen LogP contribution in [0.3, 0.4) is 0 Å². The van der Waals surface area contributed by atoms with Crippen LogP contribution in [0.25, 0.3) is 0 Å². The van der Waals surface area contributed by atoms with Crippen LogP contribution in [0.1, 0.15) is 13.3 Å². The summed E-state index contributed by atoms with van der Waals surface area (Å²) in [6.07, 6.45) is -2.35. The second-order valence-electron chi connectivity index (χ2n) is 3.32. The van der Waals surface area contributed by atoms with Crippen LogP contribution in [0.2, 0.25) is 0 Å². The van der Waals surface area contributed by atoms with E-state index in [4.69, 9.17) is 5.73 Å². The summed E-state index contributed by atoms with van der Waals surface area (Å²) in [5.41, 5.74) is 5.40. The van der Waals surface area contributed by atoms with E-state index in [0.717, 1.165) is 4.90 Å². The summed E-state index contributed by atoms with van der Waals surface area (Å²) in [4.78, 5) is 8.61. The van der Waals surface area contributed by atoms with E-state index in [2.05, 4.69) is 9.97 Å². The fourth-order valence-corrected chi connectivity index (χ4v) is 1.25. The van der Waals surface area contributed by atoms with Crippen molar-refractivity contribution >= 4 is 11.8 Å². The second-order valence-corrected chi connectivity index (χ2v) is 3.32. The average Bonchev–Trinajstić information content (AvgIpc) is 2.15. The monoisotopic (exact) mass is 234 g/mol. The fourth-order valence-electron chi connectivity index (χ4n) is 1.25. The van der Waals surface area contributed by atoms with Gasteiger partial charge < -0.3 is 10.6 Å².